The summed E-state index contributed by atoms with van der Waals surface area (Å²) < 4.78 is 10.9. The lowest BCUT2D eigenvalue weighted by Crippen LogP contribution is -2.58. The van der Waals surface area contributed by atoms with Gasteiger partial charge in [0.05, 0.1) is 12.8 Å². The minimum absolute atomic E-state index is 0.417. The van der Waals surface area contributed by atoms with Gasteiger partial charge < -0.3 is 9.47 Å². The van der Waals surface area contributed by atoms with E-state index in [9.17, 15) is 9.59 Å². The van der Waals surface area contributed by atoms with E-state index in [0.29, 0.717) is 24.1 Å². The van der Waals surface area contributed by atoms with Gasteiger partial charge in [-0.05, 0) is 50.8 Å². The topological polar surface area (TPSA) is 55.8 Å². The molecule has 0 aromatic heterocycles. The van der Waals surface area contributed by atoms with Crippen LogP contribution in [0.25, 0.3) is 0 Å². The number of para-hydroxylation sites is 1. The Morgan fingerprint density at radius 3 is 2.26 bits per heavy atom. The molecule has 27 heavy (non-hydrogen) atoms. The van der Waals surface area contributed by atoms with E-state index in [1.165, 1.54) is 12.0 Å². The fourth-order valence-electron chi connectivity index (χ4n) is 3.60. The molecule has 0 saturated heterocycles. The number of anilines is 1. The van der Waals surface area contributed by atoms with Crippen LogP contribution in [-0.2, 0) is 26.2 Å². The van der Waals surface area contributed by atoms with Crippen LogP contribution in [0.1, 0.15) is 38.3 Å². The molecule has 0 bridgehead atoms. The predicted molar refractivity (Wildman–Crippen MR) is 104 cm³/mol. The molecular weight excluding hydrogens is 342 g/mol. The summed E-state index contributed by atoms with van der Waals surface area (Å²) in [6.07, 6.45) is 0.503. The predicted octanol–water partition coefficient (Wildman–Crippen LogP) is 4.44. The van der Waals surface area contributed by atoms with Gasteiger partial charge in [-0.15, -0.1) is 0 Å². The van der Waals surface area contributed by atoms with Gasteiger partial charge in [0.25, 0.3) is 0 Å². The van der Waals surface area contributed by atoms with E-state index in [1.54, 1.807) is 0 Å². The van der Waals surface area contributed by atoms with Gasteiger partial charge in [0.15, 0.2) is 5.54 Å². The zero-order valence-electron chi connectivity index (χ0n) is 16.2. The van der Waals surface area contributed by atoms with Gasteiger partial charge in [-0.1, -0.05) is 48.5 Å². The maximum Gasteiger partial charge on any atom is 0.416 e. The van der Waals surface area contributed by atoms with Crippen molar-refractivity contribution in [1.82, 2.24) is 0 Å². The summed E-state index contributed by atoms with van der Waals surface area (Å²) in [6.45, 7) is 5.43. The molecule has 3 rings (SSSR count). The SMILES string of the molecule is COC(=O)C1(c2ccccc2)CCc2ccccc2N1C(=O)OC(C)(C)C. The number of hydrogen-bond donors (Lipinski definition) is 0. The number of ether oxygens (including phenoxy) is 2. The summed E-state index contributed by atoms with van der Waals surface area (Å²) in [6, 6.07) is 16.9. The van der Waals surface area contributed by atoms with E-state index >= 15 is 0 Å². The number of fused-ring (bicyclic) bond motifs is 1. The third-order valence-corrected chi connectivity index (χ3v) is 4.72. The zero-order valence-corrected chi connectivity index (χ0v) is 16.2. The van der Waals surface area contributed by atoms with Crippen molar-refractivity contribution in [2.75, 3.05) is 12.0 Å². The molecule has 1 aliphatic rings. The monoisotopic (exact) mass is 367 g/mol. The lowest BCUT2D eigenvalue weighted by molar-refractivity contribution is -0.148. The highest BCUT2D eigenvalue weighted by Crippen LogP contribution is 2.45. The number of esters is 1. The van der Waals surface area contributed by atoms with E-state index in [4.69, 9.17) is 9.47 Å². The average molecular weight is 367 g/mol. The number of hydrogen-bond acceptors (Lipinski definition) is 4. The van der Waals surface area contributed by atoms with Gasteiger partial charge in [-0.2, -0.15) is 0 Å². The number of nitrogens with zero attached hydrogens (tertiary/aromatic N) is 1. The minimum Gasteiger partial charge on any atom is -0.467 e. The van der Waals surface area contributed by atoms with Gasteiger partial charge >= 0.3 is 12.1 Å². The molecule has 2 aromatic rings. The molecule has 5 nitrogen and oxygen atoms in total. The molecule has 0 fully saturated rings. The van der Waals surface area contributed by atoms with Crippen molar-refractivity contribution in [3.8, 4) is 0 Å². The Morgan fingerprint density at radius 1 is 1.00 bits per heavy atom. The lowest BCUT2D eigenvalue weighted by atomic mass is 9.78. The Balaban J connectivity index is 2.24. The molecule has 5 heteroatoms. The van der Waals surface area contributed by atoms with E-state index in [0.717, 1.165) is 5.56 Å². The number of rotatable bonds is 2. The van der Waals surface area contributed by atoms with Crippen molar-refractivity contribution in [2.45, 2.75) is 44.8 Å². The van der Waals surface area contributed by atoms with Crippen LogP contribution in [0.3, 0.4) is 0 Å². The fourth-order valence-corrected chi connectivity index (χ4v) is 3.60. The molecule has 1 unspecified atom stereocenters. The summed E-state index contributed by atoms with van der Waals surface area (Å²) in [5.74, 6) is -0.478. The first-order valence-corrected chi connectivity index (χ1v) is 9.04. The first kappa shape index (κ1) is 19.0. The Labute approximate surface area is 159 Å². The Morgan fingerprint density at radius 2 is 1.63 bits per heavy atom. The molecule has 0 radical (unpaired) electrons. The molecule has 0 saturated carbocycles. The second-order valence-electron chi connectivity index (χ2n) is 7.66. The fraction of sp³-hybridized carbons (Fsp3) is 0.364. The summed E-state index contributed by atoms with van der Waals surface area (Å²) in [4.78, 5) is 27.9. The highest BCUT2D eigenvalue weighted by atomic mass is 16.6. The summed E-state index contributed by atoms with van der Waals surface area (Å²) in [7, 11) is 1.35. The van der Waals surface area contributed by atoms with Gasteiger partial charge in [-0.3, -0.25) is 4.90 Å². The largest absolute Gasteiger partial charge is 0.467 e. The highest BCUT2D eigenvalue weighted by molar-refractivity contribution is 6.01. The van der Waals surface area contributed by atoms with Crippen LogP contribution in [0.15, 0.2) is 54.6 Å². The van der Waals surface area contributed by atoms with Crippen LogP contribution in [0.5, 0.6) is 0 Å². The molecule has 2 aromatic carbocycles. The quantitative estimate of drug-likeness (QED) is 0.736. The van der Waals surface area contributed by atoms with Crippen molar-refractivity contribution in [2.24, 2.45) is 0 Å². The molecule has 0 N–H and O–H groups in total. The molecule has 1 amide bonds. The number of carbonyl (C=O) groups excluding carboxylic acids is 2. The van der Waals surface area contributed by atoms with E-state index in [-0.39, 0.29) is 0 Å². The standard InChI is InChI=1S/C22H25NO4/c1-21(2,3)27-20(25)23-18-13-9-8-10-16(18)14-15-22(23,19(24)26-4)17-11-6-5-7-12-17/h5-13H,14-15H2,1-4H3. The van der Waals surface area contributed by atoms with Crippen molar-refractivity contribution in [1.29, 1.82) is 0 Å². The van der Waals surface area contributed by atoms with Crippen LogP contribution < -0.4 is 4.90 Å². The number of aryl methyl sites for hydroxylation is 1. The van der Waals surface area contributed by atoms with Crippen LogP contribution >= 0.6 is 0 Å². The summed E-state index contributed by atoms with van der Waals surface area (Å²) >= 11 is 0. The van der Waals surface area contributed by atoms with Crippen LogP contribution in [0.2, 0.25) is 0 Å². The zero-order chi connectivity index (χ0) is 19.7. The van der Waals surface area contributed by atoms with Gasteiger partial charge in [0.2, 0.25) is 0 Å². The number of benzene rings is 2. The molecular formula is C22H25NO4. The van der Waals surface area contributed by atoms with E-state index < -0.39 is 23.2 Å². The van der Waals surface area contributed by atoms with Gasteiger partial charge in [0, 0.05) is 0 Å². The normalized spacial score (nSPS) is 19.2. The first-order valence-electron chi connectivity index (χ1n) is 9.04. The molecule has 1 heterocycles. The molecule has 142 valence electrons. The van der Waals surface area contributed by atoms with Crippen LogP contribution in [-0.4, -0.2) is 24.8 Å². The Kier molecular flexibility index (Phi) is 4.96. The van der Waals surface area contributed by atoms with Crippen molar-refractivity contribution in [3.63, 3.8) is 0 Å². The molecule has 0 aliphatic carbocycles. The number of amides is 1. The second kappa shape index (κ2) is 7.06. The third-order valence-electron chi connectivity index (χ3n) is 4.72. The molecule has 0 spiro atoms. The average Bonchev–Trinajstić information content (AvgIpc) is 2.65. The lowest BCUT2D eigenvalue weighted by Gasteiger charge is -2.45. The van der Waals surface area contributed by atoms with Crippen molar-refractivity contribution in [3.05, 3.63) is 65.7 Å². The molecule has 1 atom stereocenters. The number of methoxy groups -OCH3 is 1. The van der Waals surface area contributed by atoms with Crippen LogP contribution in [0, 0.1) is 0 Å². The summed E-state index contributed by atoms with van der Waals surface area (Å²) in [5, 5.41) is 0. The second-order valence-corrected chi connectivity index (χ2v) is 7.66. The van der Waals surface area contributed by atoms with Crippen molar-refractivity contribution < 1.29 is 19.1 Å². The summed E-state index contributed by atoms with van der Waals surface area (Å²) in [5.41, 5.74) is 0.414. The van der Waals surface area contributed by atoms with Gasteiger partial charge in [-0.25, -0.2) is 9.59 Å². The molecule has 1 aliphatic heterocycles. The first-order chi connectivity index (χ1) is 12.8. The minimum atomic E-state index is -1.27. The highest BCUT2D eigenvalue weighted by Gasteiger charge is 2.53. The maximum absolute atomic E-state index is 13.3. The third kappa shape index (κ3) is 3.42. The smallest absolute Gasteiger partial charge is 0.416 e. The number of carbonyl (C=O) groups is 2. The Bertz CT molecular complexity index is 841. The van der Waals surface area contributed by atoms with Crippen LogP contribution in [0.4, 0.5) is 10.5 Å². The van der Waals surface area contributed by atoms with Gasteiger partial charge in [0.1, 0.15) is 5.60 Å². The Hall–Kier alpha value is -2.82. The maximum atomic E-state index is 13.3. The van der Waals surface area contributed by atoms with Crippen molar-refractivity contribution >= 4 is 17.7 Å². The van der Waals surface area contributed by atoms with E-state index in [2.05, 4.69) is 0 Å². The van der Waals surface area contributed by atoms with E-state index in [1.807, 2.05) is 75.4 Å².